The van der Waals surface area contributed by atoms with Gasteiger partial charge in [-0.3, -0.25) is 9.59 Å². The highest BCUT2D eigenvalue weighted by Crippen LogP contribution is 2.21. The molecule has 2 rings (SSSR count). The molecule has 1 N–H and O–H groups in total. The van der Waals surface area contributed by atoms with Crippen LogP contribution in [0, 0.1) is 0 Å². The lowest BCUT2D eigenvalue weighted by molar-refractivity contribution is -0.131. The van der Waals surface area contributed by atoms with Crippen molar-refractivity contribution < 1.29 is 19.1 Å². The van der Waals surface area contributed by atoms with E-state index in [-0.39, 0.29) is 11.7 Å². The lowest BCUT2D eigenvalue weighted by Gasteiger charge is -2.10. The molecule has 0 heterocycles. The Balaban J connectivity index is 2.17. The molecule has 0 aliphatic rings. The van der Waals surface area contributed by atoms with E-state index in [4.69, 9.17) is 9.47 Å². The molecule has 0 aliphatic heterocycles. The van der Waals surface area contributed by atoms with Crippen molar-refractivity contribution in [2.45, 2.75) is 6.92 Å². The molecule has 0 unspecified atom stereocenters. The van der Waals surface area contributed by atoms with E-state index in [1.54, 1.807) is 55.6 Å². The van der Waals surface area contributed by atoms with Gasteiger partial charge in [0.2, 0.25) is 0 Å². The molecule has 0 spiro atoms. The van der Waals surface area contributed by atoms with Crippen LogP contribution in [-0.4, -0.2) is 19.0 Å². The molecule has 5 nitrogen and oxygen atoms in total. The Hall–Kier alpha value is -2.82. The van der Waals surface area contributed by atoms with E-state index in [9.17, 15) is 9.59 Å². The molecule has 0 fully saturated rings. The summed E-state index contributed by atoms with van der Waals surface area (Å²) in [5.74, 6) is 0.112. The first kappa shape index (κ1) is 14.6. The molecule has 2 aromatic carbocycles. The van der Waals surface area contributed by atoms with Crippen molar-refractivity contribution in [2.24, 2.45) is 0 Å². The topological polar surface area (TPSA) is 64.6 Å². The predicted octanol–water partition coefficient (Wildman–Crippen LogP) is 2.87. The third kappa shape index (κ3) is 3.82. The molecular weight excluding hydrogens is 270 g/mol. The Morgan fingerprint density at radius 2 is 1.67 bits per heavy atom. The summed E-state index contributed by atoms with van der Waals surface area (Å²) in [6, 6.07) is 13.5. The fraction of sp³-hybridized carbons (Fsp3) is 0.125. The predicted molar refractivity (Wildman–Crippen MR) is 78.7 cm³/mol. The first-order valence-electron chi connectivity index (χ1n) is 6.33. The van der Waals surface area contributed by atoms with Gasteiger partial charge in [0, 0.05) is 12.6 Å². The molecular formula is C16H15NO4. The number of amides is 1. The molecule has 0 aromatic heterocycles. The van der Waals surface area contributed by atoms with Gasteiger partial charge in [-0.05, 0) is 36.4 Å². The van der Waals surface area contributed by atoms with Crippen LogP contribution in [0.3, 0.4) is 0 Å². The Morgan fingerprint density at radius 3 is 2.29 bits per heavy atom. The second-order valence-corrected chi connectivity index (χ2v) is 4.27. The van der Waals surface area contributed by atoms with Crippen LogP contribution in [0.1, 0.15) is 17.3 Å². The Labute approximate surface area is 122 Å². The maximum atomic E-state index is 12.2. The Bertz CT molecular complexity index is 650. The number of hydrogen-bond acceptors (Lipinski definition) is 4. The summed E-state index contributed by atoms with van der Waals surface area (Å²) in [6.07, 6.45) is 0. The number of hydrogen-bond donors (Lipinski definition) is 1. The average Bonchev–Trinajstić information content (AvgIpc) is 2.48. The van der Waals surface area contributed by atoms with E-state index in [1.165, 1.54) is 6.92 Å². The van der Waals surface area contributed by atoms with Crippen molar-refractivity contribution in [1.29, 1.82) is 0 Å². The lowest BCUT2D eigenvalue weighted by Crippen LogP contribution is -2.14. The van der Waals surface area contributed by atoms with Gasteiger partial charge in [0.1, 0.15) is 11.5 Å². The zero-order valence-corrected chi connectivity index (χ0v) is 11.8. The maximum absolute atomic E-state index is 12.2. The van der Waals surface area contributed by atoms with Crippen molar-refractivity contribution in [3.8, 4) is 11.5 Å². The highest BCUT2D eigenvalue weighted by molar-refractivity contribution is 6.06. The fourth-order valence-electron chi connectivity index (χ4n) is 1.77. The highest BCUT2D eigenvalue weighted by atomic mass is 16.5. The molecule has 5 heteroatoms. The quantitative estimate of drug-likeness (QED) is 0.693. The number of carbonyl (C=O) groups excluding carboxylic acids is 2. The van der Waals surface area contributed by atoms with Crippen LogP contribution in [0.15, 0.2) is 48.5 Å². The van der Waals surface area contributed by atoms with Gasteiger partial charge >= 0.3 is 5.97 Å². The summed E-state index contributed by atoms with van der Waals surface area (Å²) in [7, 11) is 1.57. The third-order valence-electron chi connectivity index (χ3n) is 2.73. The van der Waals surface area contributed by atoms with Gasteiger partial charge in [-0.25, -0.2) is 0 Å². The van der Waals surface area contributed by atoms with Crippen LogP contribution in [0.2, 0.25) is 0 Å². The van der Waals surface area contributed by atoms with Crippen molar-refractivity contribution in [2.75, 3.05) is 12.4 Å². The Morgan fingerprint density at radius 1 is 1.00 bits per heavy atom. The van der Waals surface area contributed by atoms with E-state index in [0.29, 0.717) is 17.0 Å². The third-order valence-corrected chi connectivity index (χ3v) is 2.73. The van der Waals surface area contributed by atoms with Crippen molar-refractivity contribution in [1.82, 2.24) is 0 Å². The van der Waals surface area contributed by atoms with E-state index in [2.05, 4.69) is 5.32 Å². The van der Waals surface area contributed by atoms with Crippen molar-refractivity contribution >= 4 is 17.6 Å². The number of nitrogens with one attached hydrogen (secondary N) is 1. The minimum Gasteiger partial charge on any atom is -0.497 e. The summed E-state index contributed by atoms with van der Waals surface area (Å²) in [5.41, 5.74) is 0.918. The van der Waals surface area contributed by atoms with Crippen LogP contribution in [0.5, 0.6) is 11.5 Å². The smallest absolute Gasteiger partial charge is 0.308 e. The standard InChI is InChI=1S/C16H15NO4/c1-11(18)21-15-6-4-3-5-14(15)16(19)17-12-7-9-13(20-2)10-8-12/h3-10H,1-2H3,(H,17,19). The molecule has 108 valence electrons. The average molecular weight is 285 g/mol. The number of anilines is 1. The van der Waals surface area contributed by atoms with Gasteiger partial charge < -0.3 is 14.8 Å². The number of carbonyl (C=O) groups is 2. The highest BCUT2D eigenvalue weighted by Gasteiger charge is 2.13. The summed E-state index contributed by atoms with van der Waals surface area (Å²) in [5, 5.41) is 2.74. The van der Waals surface area contributed by atoms with Gasteiger partial charge in [-0.2, -0.15) is 0 Å². The normalized spacial score (nSPS) is 9.81. The Kier molecular flexibility index (Phi) is 4.56. The van der Waals surface area contributed by atoms with E-state index < -0.39 is 5.97 Å². The molecule has 0 atom stereocenters. The molecule has 0 aliphatic carbocycles. The number of ether oxygens (including phenoxy) is 2. The van der Waals surface area contributed by atoms with Gasteiger partial charge in [0.15, 0.2) is 0 Å². The summed E-state index contributed by atoms with van der Waals surface area (Å²) >= 11 is 0. The maximum Gasteiger partial charge on any atom is 0.308 e. The van der Waals surface area contributed by atoms with E-state index in [0.717, 1.165) is 0 Å². The van der Waals surface area contributed by atoms with Crippen LogP contribution >= 0.6 is 0 Å². The minimum atomic E-state index is -0.473. The lowest BCUT2D eigenvalue weighted by atomic mass is 10.2. The number of rotatable bonds is 4. The molecule has 0 saturated carbocycles. The first-order valence-corrected chi connectivity index (χ1v) is 6.33. The van der Waals surface area contributed by atoms with E-state index >= 15 is 0 Å². The van der Waals surface area contributed by atoms with Crippen molar-refractivity contribution in [3.05, 3.63) is 54.1 Å². The SMILES string of the molecule is COc1ccc(NC(=O)c2ccccc2OC(C)=O)cc1. The second-order valence-electron chi connectivity index (χ2n) is 4.27. The molecule has 2 aromatic rings. The van der Waals surface area contributed by atoms with Crippen LogP contribution < -0.4 is 14.8 Å². The van der Waals surface area contributed by atoms with Crippen molar-refractivity contribution in [3.63, 3.8) is 0 Å². The summed E-state index contributed by atoms with van der Waals surface area (Å²) < 4.78 is 10.1. The zero-order chi connectivity index (χ0) is 15.2. The number of para-hydroxylation sites is 1. The fourth-order valence-corrected chi connectivity index (χ4v) is 1.77. The molecule has 21 heavy (non-hydrogen) atoms. The van der Waals surface area contributed by atoms with Gasteiger partial charge in [-0.15, -0.1) is 0 Å². The monoisotopic (exact) mass is 285 g/mol. The number of esters is 1. The first-order chi connectivity index (χ1) is 10.1. The molecule has 0 bridgehead atoms. The van der Waals surface area contributed by atoms with Crippen LogP contribution in [0.4, 0.5) is 5.69 Å². The second kappa shape index (κ2) is 6.56. The number of benzene rings is 2. The van der Waals surface area contributed by atoms with Crippen LogP contribution in [-0.2, 0) is 4.79 Å². The van der Waals surface area contributed by atoms with Gasteiger partial charge in [0.05, 0.1) is 12.7 Å². The zero-order valence-electron chi connectivity index (χ0n) is 11.8. The van der Waals surface area contributed by atoms with Gasteiger partial charge in [0.25, 0.3) is 5.91 Å². The molecule has 0 saturated heterocycles. The molecule has 0 radical (unpaired) electrons. The minimum absolute atomic E-state index is 0.232. The summed E-state index contributed by atoms with van der Waals surface area (Å²) in [4.78, 5) is 23.3. The summed E-state index contributed by atoms with van der Waals surface area (Å²) in [6.45, 7) is 1.29. The van der Waals surface area contributed by atoms with Gasteiger partial charge in [-0.1, -0.05) is 12.1 Å². The van der Waals surface area contributed by atoms with Crippen LogP contribution in [0.25, 0.3) is 0 Å². The van der Waals surface area contributed by atoms with E-state index in [1.807, 2.05) is 0 Å². The molecule has 1 amide bonds. The number of methoxy groups -OCH3 is 1. The largest absolute Gasteiger partial charge is 0.497 e.